The van der Waals surface area contributed by atoms with Crippen molar-refractivity contribution in [2.45, 2.75) is 20.3 Å². The van der Waals surface area contributed by atoms with E-state index in [1.54, 1.807) is 16.7 Å². The van der Waals surface area contributed by atoms with E-state index >= 15 is 0 Å². The molecule has 1 saturated heterocycles. The number of carbonyl (C=O) groups is 2. The maximum Gasteiger partial charge on any atom is 0.321 e. The molecule has 0 unspecified atom stereocenters. The molecule has 0 radical (unpaired) electrons. The van der Waals surface area contributed by atoms with Gasteiger partial charge in [0.1, 0.15) is 0 Å². The second-order valence-electron chi connectivity index (χ2n) is 5.14. The van der Waals surface area contributed by atoms with Gasteiger partial charge in [-0.1, -0.05) is 17.7 Å². The van der Waals surface area contributed by atoms with Crippen LogP contribution in [0.15, 0.2) is 24.3 Å². The van der Waals surface area contributed by atoms with Crippen LogP contribution in [-0.4, -0.2) is 47.9 Å². The normalized spacial score (nSPS) is 15.7. The molecule has 1 aromatic rings. The third-order valence-electron chi connectivity index (χ3n) is 3.53. The number of hydrogen-bond donors (Lipinski definition) is 1. The molecule has 0 atom stereocenters. The highest BCUT2D eigenvalue weighted by Gasteiger charge is 2.20. The number of aryl methyl sites for hydroxylation is 1. The molecule has 20 heavy (non-hydrogen) atoms. The Bertz CT molecular complexity index is 484. The zero-order chi connectivity index (χ0) is 14.5. The summed E-state index contributed by atoms with van der Waals surface area (Å²) in [5.74, 6) is 0.0748. The van der Waals surface area contributed by atoms with Gasteiger partial charge in [-0.3, -0.25) is 4.79 Å². The van der Waals surface area contributed by atoms with Crippen molar-refractivity contribution in [2.24, 2.45) is 0 Å². The van der Waals surface area contributed by atoms with Crippen LogP contribution < -0.4 is 5.32 Å². The fourth-order valence-corrected chi connectivity index (χ4v) is 2.27. The van der Waals surface area contributed by atoms with Crippen LogP contribution in [0.4, 0.5) is 10.5 Å². The Hall–Kier alpha value is -2.04. The van der Waals surface area contributed by atoms with Gasteiger partial charge in [0.05, 0.1) is 0 Å². The van der Waals surface area contributed by atoms with Crippen LogP contribution in [0.1, 0.15) is 18.9 Å². The van der Waals surface area contributed by atoms with Crippen molar-refractivity contribution in [3.8, 4) is 0 Å². The molecule has 0 aliphatic carbocycles. The molecule has 108 valence electrons. The summed E-state index contributed by atoms with van der Waals surface area (Å²) in [6.45, 7) is 6.18. The number of hydrogen-bond acceptors (Lipinski definition) is 2. The van der Waals surface area contributed by atoms with Crippen molar-refractivity contribution in [3.05, 3.63) is 29.8 Å². The Morgan fingerprint density at radius 2 is 1.60 bits per heavy atom. The molecule has 0 spiro atoms. The van der Waals surface area contributed by atoms with E-state index in [-0.39, 0.29) is 11.9 Å². The minimum absolute atomic E-state index is 0.0748. The lowest BCUT2D eigenvalue weighted by Crippen LogP contribution is -2.38. The highest BCUT2D eigenvalue weighted by Crippen LogP contribution is 2.11. The van der Waals surface area contributed by atoms with Gasteiger partial charge >= 0.3 is 6.03 Å². The Balaban J connectivity index is 1.92. The van der Waals surface area contributed by atoms with E-state index in [4.69, 9.17) is 0 Å². The lowest BCUT2D eigenvalue weighted by molar-refractivity contribution is -0.128. The minimum Gasteiger partial charge on any atom is -0.341 e. The summed E-state index contributed by atoms with van der Waals surface area (Å²) in [6.07, 6.45) is 0.820. The molecule has 1 heterocycles. The summed E-state index contributed by atoms with van der Waals surface area (Å²) in [7, 11) is 0. The summed E-state index contributed by atoms with van der Waals surface area (Å²) in [6, 6.07) is 7.63. The predicted octanol–water partition coefficient (Wildman–Crippen LogP) is 2.08. The predicted molar refractivity (Wildman–Crippen MR) is 78.6 cm³/mol. The fraction of sp³-hybridized carbons (Fsp3) is 0.467. The molecule has 0 bridgehead atoms. The molecule has 1 fully saturated rings. The SMILES string of the molecule is CC(=O)N1CCCN(C(=O)Nc2ccc(C)cc2)CC1. The molecule has 1 aromatic carbocycles. The van der Waals surface area contributed by atoms with Crippen molar-refractivity contribution in [2.75, 3.05) is 31.5 Å². The molecule has 1 aliphatic heterocycles. The van der Waals surface area contributed by atoms with Crippen molar-refractivity contribution in [1.82, 2.24) is 9.80 Å². The largest absolute Gasteiger partial charge is 0.341 e. The van der Waals surface area contributed by atoms with Crippen LogP contribution in [0.25, 0.3) is 0 Å². The van der Waals surface area contributed by atoms with Crippen molar-refractivity contribution >= 4 is 17.6 Å². The molecular formula is C15H21N3O2. The van der Waals surface area contributed by atoms with Crippen LogP contribution in [0.2, 0.25) is 0 Å². The highest BCUT2D eigenvalue weighted by molar-refractivity contribution is 5.89. The molecule has 2 rings (SSSR count). The van der Waals surface area contributed by atoms with Crippen molar-refractivity contribution in [1.29, 1.82) is 0 Å². The molecular weight excluding hydrogens is 254 g/mol. The first kappa shape index (κ1) is 14.4. The average molecular weight is 275 g/mol. The van der Waals surface area contributed by atoms with Crippen molar-refractivity contribution in [3.63, 3.8) is 0 Å². The number of nitrogens with zero attached hydrogens (tertiary/aromatic N) is 2. The van der Waals surface area contributed by atoms with Gasteiger partial charge in [0.2, 0.25) is 5.91 Å². The van der Waals surface area contributed by atoms with E-state index in [0.29, 0.717) is 19.6 Å². The first-order chi connectivity index (χ1) is 9.56. The Kier molecular flexibility index (Phi) is 4.61. The smallest absolute Gasteiger partial charge is 0.321 e. The number of urea groups is 1. The Morgan fingerprint density at radius 3 is 2.25 bits per heavy atom. The minimum atomic E-state index is -0.0979. The maximum atomic E-state index is 12.2. The van der Waals surface area contributed by atoms with E-state index in [9.17, 15) is 9.59 Å². The van der Waals surface area contributed by atoms with Gasteiger partial charge in [0.15, 0.2) is 0 Å². The first-order valence-electron chi connectivity index (χ1n) is 6.94. The van der Waals surface area contributed by atoms with Gasteiger partial charge in [0.25, 0.3) is 0 Å². The third-order valence-corrected chi connectivity index (χ3v) is 3.53. The Labute approximate surface area is 119 Å². The van der Waals surface area contributed by atoms with E-state index in [1.807, 2.05) is 31.2 Å². The molecule has 0 saturated carbocycles. The van der Waals surface area contributed by atoms with Gasteiger partial charge in [-0.15, -0.1) is 0 Å². The number of rotatable bonds is 1. The van der Waals surface area contributed by atoms with Crippen LogP contribution in [0.3, 0.4) is 0 Å². The third kappa shape index (κ3) is 3.73. The monoisotopic (exact) mass is 275 g/mol. The molecule has 0 aromatic heterocycles. The van der Waals surface area contributed by atoms with Crippen LogP contribution >= 0.6 is 0 Å². The molecule has 1 N–H and O–H groups in total. The number of benzene rings is 1. The number of amides is 3. The maximum absolute atomic E-state index is 12.2. The van der Waals surface area contributed by atoms with Gasteiger partial charge in [0, 0.05) is 38.8 Å². The summed E-state index contributed by atoms with van der Waals surface area (Å²) in [5.41, 5.74) is 1.96. The van der Waals surface area contributed by atoms with E-state index in [1.165, 1.54) is 0 Å². The number of nitrogens with one attached hydrogen (secondary N) is 1. The highest BCUT2D eigenvalue weighted by atomic mass is 16.2. The van der Waals surface area contributed by atoms with Crippen LogP contribution in [0.5, 0.6) is 0 Å². The van der Waals surface area contributed by atoms with Gasteiger partial charge in [-0.25, -0.2) is 4.79 Å². The second kappa shape index (κ2) is 6.41. The standard InChI is InChI=1S/C15H21N3O2/c1-12-4-6-14(7-5-12)16-15(20)18-9-3-8-17(10-11-18)13(2)19/h4-7H,3,8-11H2,1-2H3,(H,16,20). The van der Waals surface area contributed by atoms with Gasteiger partial charge in [-0.2, -0.15) is 0 Å². The van der Waals surface area contributed by atoms with Crippen LogP contribution in [-0.2, 0) is 4.79 Å². The van der Waals surface area contributed by atoms with E-state index in [0.717, 1.165) is 24.2 Å². The number of anilines is 1. The van der Waals surface area contributed by atoms with E-state index in [2.05, 4.69) is 5.32 Å². The second-order valence-corrected chi connectivity index (χ2v) is 5.14. The van der Waals surface area contributed by atoms with Gasteiger partial charge in [-0.05, 0) is 25.5 Å². The average Bonchev–Trinajstić information content (AvgIpc) is 2.67. The Morgan fingerprint density at radius 1 is 1.00 bits per heavy atom. The molecule has 5 heteroatoms. The zero-order valence-corrected chi connectivity index (χ0v) is 12.1. The topological polar surface area (TPSA) is 52.7 Å². The zero-order valence-electron chi connectivity index (χ0n) is 12.1. The fourth-order valence-electron chi connectivity index (χ4n) is 2.27. The first-order valence-corrected chi connectivity index (χ1v) is 6.94. The molecule has 5 nitrogen and oxygen atoms in total. The summed E-state index contributed by atoms with van der Waals surface area (Å²) >= 11 is 0. The van der Waals surface area contributed by atoms with Crippen molar-refractivity contribution < 1.29 is 9.59 Å². The lowest BCUT2D eigenvalue weighted by Gasteiger charge is -2.21. The summed E-state index contributed by atoms with van der Waals surface area (Å²) < 4.78 is 0. The van der Waals surface area contributed by atoms with E-state index < -0.39 is 0 Å². The van der Waals surface area contributed by atoms with Gasteiger partial charge < -0.3 is 15.1 Å². The molecule has 1 aliphatic rings. The quantitative estimate of drug-likeness (QED) is 0.853. The van der Waals surface area contributed by atoms with Crippen LogP contribution in [0, 0.1) is 6.92 Å². The number of carbonyl (C=O) groups excluding carboxylic acids is 2. The summed E-state index contributed by atoms with van der Waals surface area (Å²) in [4.78, 5) is 27.1. The summed E-state index contributed by atoms with van der Waals surface area (Å²) in [5, 5.41) is 2.89. The lowest BCUT2D eigenvalue weighted by atomic mass is 10.2. The molecule has 3 amide bonds.